The number of hydrogen-bond donors (Lipinski definition) is 1. The van der Waals surface area contributed by atoms with Crippen molar-refractivity contribution >= 4 is 23.4 Å². The van der Waals surface area contributed by atoms with Gasteiger partial charge in [-0.25, -0.2) is 0 Å². The zero-order valence-electron chi connectivity index (χ0n) is 9.71. The summed E-state index contributed by atoms with van der Waals surface area (Å²) in [6.45, 7) is 0.602. The average Bonchev–Trinajstić information content (AvgIpc) is 2.84. The van der Waals surface area contributed by atoms with Crippen LogP contribution in [0.5, 0.6) is 0 Å². The highest BCUT2D eigenvalue weighted by atomic mass is 32.2. The molecule has 1 aromatic rings. The van der Waals surface area contributed by atoms with E-state index in [1.165, 1.54) is 5.75 Å². The highest BCUT2D eigenvalue weighted by molar-refractivity contribution is 7.99. The number of para-hydroxylation sites is 1. The minimum Gasteiger partial charge on any atom is -0.481 e. The van der Waals surface area contributed by atoms with Crippen LogP contribution in [0.3, 0.4) is 0 Å². The molecule has 1 aliphatic rings. The number of aliphatic carboxylic acids is 1. The van der Waals surface area contributed by atoms with E-state index < -0.39 is 5.97 Å². The van der Waals surface area contributed by atoms with Crippen LogP contribution in [0.1, 0.15) is 12.8 Å². The minimum absolute atomic E-state index is 0.204. The van der Waals surface area contributed by atoms with Crippen molar-refractivity contribution in [1.82, 2.24) is 0 Å². The molecule has 2 rings (SSSR count). The van der Waals surface area contributed by atoms with Gasteiger partial charge in [-0.3, -0.25) is 4.79 Å². The third-order valence-electron chi connectivity index (χ3n) is 3.00. The number of rotatable bonds is 5. The fourth-order valence-electron chi connectivity index (χ4n) is 2.13. The predicted octanol–water partition coefficient (Wildman–Crippen LogP) is 2.47. The van der Waals surface area contributed by atoms with E-state index in [-0.39, 0.29) is 6.42 Å². The summed E-state index contributed by atoms with van der Waals surface area (Å²) in [4.78, 5) is 13.0. The monoisotopic (exact) mass is 251 g/mol. The SMILES string of the molecule is O=C(O)CCN(c1ccccc1)C1CCSC1. The predicted molar refractivity (Wildman–Crippen MR) is 71.8 cm³/mol. The molecule has 0 bridgehead atoms. The second-order valence-corrected chi connectivity index (χ2v) is 5.34. The lowest BCUT2D eigenvalue weighted by Gasteiger charge is -2.30. The van der Waals surface area contributed by atoms with Crippen molar-refractivity contribution < 1.29 is 9.90 Å². The van der Waals surface area contributed by atoms with Crippen LogP contribution in [-0.2, 0) is 4.79 Å². The van der Waals surface area contributed by atoms with Crippen LogP contribution in [0.4, 0.5) is 5.69 Å². The summed E-state index contributed by atoms with van der Waals surface area (Å²) in [6.07, 6.45) is 1.36. The summed E-state index contributed by atoms with van der Waals surface area (Å²) >= 11 is 1.95. The number of thioether (sulfide) groups is 1. The first kappa shape index (κ1) is 12.3. The molecule has 0 amide bonds. The van der Waals surface area contributed by atoms with Gasteiger partial charge in [0.1, 0.15) is 0 Å². The molecule has 3 nitrogen and oxygen atoms in total. The highest BCUT2D eigenvalue weighted by Gasteiger charge is 2.23. The lowest BCUT2D eigenvalue weighted by Crippen LogP contribution is -2.36. The van der Waals surface area contributed by atoms with Gasteiger partial charge in [-0.05, 0) is 24.3 Å². The van der Waals surface area contributed by atoms with Crippen molar-refractivity contribution in [3.05, 3.63) is 30.3 Å². The van der Waals surface area contributed by atoms with E-state index in [2.05, 4.69) is 17.0 Å². The van der Waals surface area contributed by atoms with Gasteiger partial charge in [0.25, 0.3) is 0 Å². The van der Waals surface area contributed by atoms with E-state index >= 15 is 0 Å². The molecule has 92 valence electrons. The van der Waals surface area contributed by atoms with Crippen LogP contribution in [0, 0.1) is 0 Å². The van der Waals surface area contributed by atoms with Crippen molar-refractivity contribution in [3.8, 4) is 0 Å². The number of hydrogen-bond acceptors (Lipinski definition) is 3. The molecule has 1 saturated heterocycles. The summed E-state index contributed by atoms with van der Waals surface area (Å²) in [5.74, 6) is 1.56. The third kappa shape index (κ3) is 3.40. The standard InChI is InChI=1S/C13H17NO2S/c15-13(16)6-8-14(12-7-9-17-10-12)11-4-2-1-3-5-11/h1-5,12H,6-10H2,(H,15,16). The van der Waals surface area contributed by atoms with Crippen LogP contribution < -0.4 is 4.90 Å². The topological polar surface area (TPSA) is 40.5 Å². The van der Waals surface area contributed by atoms with Crippen LogP contribution >= 0.6 is 11.8 Å². The van der Waals surface area contributed by atoms with Crippen LogP contribution in [0.25, 0.3) is 0 Å². The Morgan fingerprint density at radius 1 is 1.41 bits per heavy atom. The Labute approximate surface area is 106 Å². The molecule has 0 saturated carbocycles. The fraction of sp³-hybridized carbons (Fsp3) is 0.462. The smallest absolute Gasteiger partial charge is 0.305 e. The molecule has 1 unspecified atom stereocenters. The maximum Gasteiger partial charge on any atom is 0.305 e. The van der Waals surface area contributed by atoms with Crippen LogP contribution in [-0.4, -0.2) is 35.2 Å². The Morgan fingerprint density at radius 2 is 2.18 bits per heavy atom. The van der Waals surface area contributed by atoms with Gasteiger partial charge in [-0.1, -0.05) is 18.2 Å². The van der Waals surface area contributed by atoms with Crippen molar-refractivity contribution in [3.63, 3.8) is 0 Å². The molecule has 4 heteroatoms. The number of anilines is 1. The highest BCUT2D eigenvalue weighted by Crippen LogP contribution is 2.27. The van der Waals surface area contributed by atoms with E-state index in [1.54, 1.807) is 0 Å². The normalized spacial score (nSPS) is 19.2. The van der Waals surface area contributed by atoms with Crippen molar-refractivity contribution in [2.24, 2.45) is 0 Å². The van der Waals surface area contributed by atoms with E-state index in [0.29, 0.717) is 12.6 Å². The molecule has 1 aromatic carbocycles. The van der Waals surface area contributed by atoms with Gasteiger partial charge in [0.15, 0.2) is 0 Å². The van der Waals surface area contributed by atoms with E-state index in [9.17, 15) is 4.79 Å². The van der Waals surface area contributed by atoms with Crippen LogP contribution in [0.2, 0.25) is 0 Å². The molecule has 1 fully saturated rings. The first-order valence-corrected chi connectivity index (χ1v) is 7.04. The van der Waals surface area contributed by atoms with Gasteiger partial charge in [0.2, 0.25) is 0 Å². The summed E-state index contributed by atoms with van der Waals surface area (Å²) in [5.41, 5.74) is 1.14. The lowest BCUT2D eigenvalue weighted by atomic mass is 10.1. The summed E-state index contributed by atoms with van der Waals surface area (Å²) in [5, 5.41) is 8.82. The number of carbonyl (C=O) groups is 1. The van der Waals surface area contributed by atoms with Gasteiger partial charge in [-0.15, -0.1) is 0 Å². The Bertz CT molecular complexity index is 363. The largest absolute Gasteiger partial charge is 0.481 e. The molecule has 0 spiro atoms. The zero-order chi connectivity index (χ0) is 12.1. The van der Waals surface area contributed by atoms with E-state index in [1.807, 2.05) is 30.0 Å². The minimum atomic E-state index is -0.725. The number of benzene rings is 1. The van der Waals surface area contributed by atoms with Crippen LogP contribution in [0.15, 0.2) is 30.3 Å². The molecule has 0 aromatic heterocycles. The molecular weight excluding hydrogens is 234 g/mol. The van der Waals surface area contributed by atoms with Crippen molar-refractivity contribution in [2.45, 2.75) is 18.9 Å². The summed E-state index contributed by atoms with van der Waals surface area (Å²) in [6, 6.07) is 10.6. The number of carboxylic acids is 1. The zero-order valence-corrected chi connectivity index (χ0v) is 10.5. The molecule has 1 heterocycles. The molecule has 1 aliphatic heterocycles. The van der Waals surface area contributed by atoms with E-state index in [4.69, 9.17) is 5.11 Å². The van der Waals surface area contributed by atoms with Gasteiger partial charge < -0.3 is 10.0 Å². The summed E-state index contributed by atoms with van der Waals surface area (Å²) in [7, 11) is 0. The third-order valence-corrected chi connectivity index (χ3v) is 4.15. The van der Waals surface area contributed by atoms with Gasteiger partial charge >= 0.3 is 5.97 Å². The van der Waals surface area contributed by atoms with Gasteiger partial charge in [0, 0.05) is 24.0 Å². The molecule has 0 aliphatic carbocycles. The first-order valence-electron chi connectivity index (χ1n) is 5.88. The molecule has 0 radical (unpaired) electrons. The maximum atomic E-state index is 10.7. The van der Waals surface area contributed by atoms with E-state index in [0.717, 1.165) is 17.9 Å². The molecular formula is C13H17NO2S. The summed E-state index contributed by atoms with van der Waals surface area (Å²) < 4.78 is 0. The molecule has 1 N–H and O–H groups in total. The number of carboxylic acid groups (broad SMARTS) is 1. The van der Waals surface area contributed by atoms with Gasteiger partial charge in [0.05, 0.1) is 6.42 Å². The Hall–Kier alpha value is -1.16. The molecule has 17 heavy (non-hydrogen) atoms. The fourth-order valence-corrected chi connectivity index (χ4v) is 3.35. The van der Waals surface area contributed by atoms with Crippen molar-refractivity contribution in [1.29, 1.82) is 0 Å². The molecule has 1 atom stereocenters. The van der Waals surface area contributed by atoms with Gasteiger partial charge in [-0.2, -0.15) is 11.8 Å². The second kappa shape index (κ2) is 5.96. The maximum absolute atomic E-state index is 10.7. The first-order chi connectivity index (χ1) is 8.27. The Balaban J connectivity index is 2.08. The average molecular weight is 251 g/mol. The quantitative estimate of drug-likeness (QED) is 0.872. The lowest BCUT2D eigenvalue weighted by molar-refractivity contribution is -0.136. The Morgan fingerprint density at radius 3 is 2.76 bits per heavy atom. The second-order valence-electron chi connectivity index (χ2n) is 4.19. The Kier molecular flexibility index (Phi) is 4.31. The number of nitrogens with zero attached hydrogens (tertiary/aromatic N) is 1. The van der Waals surface area contributed by atoms with Crippen molar-refractivity contribution in [2.75, 3.05) is 23.0 Å².